The third kappa shape index (κ3) is 3.39. The van der Waals surface area contributed by atoms with Gasteiger partial charge in [-0.1, -0.05) is 24.3 Å². The van der Waals surface area contributed by atoms with Gasteiger partial charge in [0.1, 0.15) is 0 Å². The maximum Gasteiger partial charge on any atom is 0.0274 e. The van der Waals surface area contributed by atoms with Crippen LogP contribution in [0.5, 0.6) is 0 Å². The Morgan fingerprint density at radius 1 is 1.44 bits per heavy atom. The molecule has 1 aromatic carbocycles. The van der Waals surface area contributed by atoms with Gasteiger partial charge < -0.3 is 5.32 Å². The molecule has 0 amide bonds. The third-order valence-corrected chi connectivity index (χ3v) is 4.00. The highest BCUT2D eigenvalue weighted by Crippen LogP contribution is 2.30. The quantitative estimate of drug-likeness (QED) is 0.797. The second-order valence-corrected chi connectivity index (χ2v) is 5.51. The smallest absolute Gasteiger partial charge is 0.0274 e. The van der Waals surface area contributed by atoms with Crippen molar-refractivity contribution in [2.75, 3.05) is 7.05 Å². The largest absolute Gasteiger partial charge is 0.316 e. The first kappa shape index (κ1) is 11.7. The lowest BCUT2D eigenvalue weighted by atomic mass is 10.1. The van der Waals surface area contributed by atoms with E-state index in [-0.39, 0.29) is 0 Å². The van der Waals surface area contributed by atoms with E-state index in [4.69, 9.17) is 0 Å². The number of thioether (sulfide) groups is 1. The monoisotopic (exact) mass is 233 g/mol. The lowest BCUT2D eigenvalue weighted by Gasteiger charge is -2.16. The molecule has 2 rings (SSSR count). The molecule has 0 spiro atoms. The minimum absolute atomic E-state index is 0.679. The van der Waals surface area contributed by atoms with Crippen molar-refractivity contribution >= 4 is 11.8 Å². The Morgan fingerprint density at radius 3 is 3.12 bits per heavy atom. The van der Waals surface area contributed by atoms with Crippen molar-refractivity contribution in [3.05, 3.63) is 42.0 Å². The predicted molar refractivity (Wildman–Crippen MR) is 71.8 cm³/mol. The lowest BCUT2D eigenvalue weighted by molar-refractivity contribution is 0.741. The van der Waals surface area contributed by atoms with Gasteiger partial charge in [-0.25, -0.2) is 0 Å². The van der Waals surface area contributed by atoms with Crippen LogP contribution in [0.3, 0.4) is 0 Å². The molecule has 1 unspecified atom stereocenters. The molecule has 16 heavy (non-hydrogen) atoms. The molecule has 1 aromatic rings. The number of hydrogen-bond acceptors (Lipinski definition) is 2. The van der Waals surface area contributed by atoms with Crippen LogP contribution in [-0.4, -0.2) is 12.3 Å². The zero-order valence-electron chi connectivity index (χ0n) is 9.78. The van der Waals surface area contributed by atoms with Crippen LogP contribution in [0.2, 0.25) is 0 Å². The maximum atomic E-state index is 3.19. The maximum absolute atomic E-state index is 3.19. The van der Waals surface area contributed by atoms with E-state index < -0.39 is 0 Å². The lowest BCUT2D eigenvalue weighted by Crippen LogP contribution is -2.05. The summed E-state index contributed by atoms with van der Waals surface area (Å²) >= 11 is 1.99. The first-order valence-electron chi connectivity index (χ1n) is 5.95. The number of nitrogens with one attached hydrogen (secondary N) is 1. The topological polar surface area (TPSA) is 12.0 Å². The molecule has 2 heteroatoms. The Kier molecular flexibility index (Phi) is 4.49. The molecular weight excluding hydrogens is 214 g/mol. The molecule has 1 aliphatic carbocycles. The molecule has 0 aliphatic heterocycles. The van der Waals surface area contributed by atoms with E-state index in [0.29, 0.717) is 5.25 Å². The standard InChI is InChI=1S/C14H19NS/c1-15-11-12-6-5-9-14(10-12)16-13-7-3-2-4-8-13/h3,5-7,9-10,13,15H,2,4,8,11H2,1H3. The van der Waals surface area contributed by atoms with E-state index in [1.165, 1.54) is 29.7 Å². The Morgan fingerprint density at radius 2 is 2.38 bits per heavy atom. The van der Waals surface area contributed by atoms with Gasteiger partial charge in [-0.2, -0.15) is 0 Å². The van der Waals surface area contributed by atoms with E-state index >= 15 is 0 Å². The minimum atomic E-state index is 0.679. The Hall–Kier alpha value is -0.730. The molecule has 0 saturated heterocycles. The van der Waals surface area contributed by atoms with Crippen molar-refractivity contribution in [3.63, 3.8) is 0 Å². The van der Waals surface area contributed by atoms with Crippen LogP contribution in [0.25, 0.3) is 0 Å². The molecule has 86 valence electrons. The summed E-state index contributed by atoms with van der Waals surface area (Å²) in [7, 11) is 1.99. The summed E-state index contributed by atoms with van der Waals surface area (Å²) in [5.74, 6) is 0. The van der Waals surface area contributed by atoms with E-state index in [2.05, 4.69) is 41.7 Å². The van der Waals surface area contributed by atoms with Crippen LogP contribution in [0.4, 0.5) is 0 Å². The fourth-order valence-corrected chi connectivity index (χ4v) is 3.19. The SMILES string of the molecule is CNCc1cccc(SC2C=CCCC2)c1. The normalized spacial score (nSPS) is 19.9. The van der Waals surface area contributed by atoms with Crippen molar-refractivity contribution in [1.82, 2.24) is 5.32 Å². The average molecular weight is 233 g/mol. The van der Waals surface area contributed by atoms with Gasteiger partial charge in [0.2, 0.25) is 0 Å². The molecule has 1 atom stereocenters. The molecule has 1 nitrogen and oxygen atoms in total. The fraction of sp³-hybridized carbons (Fsp3) is 0.429. The highest BCUT2D eigenvalue weighted by molar-refractivity contribution is 8.00. The molecule has 0 radical (unpaired) electrons. The number of hydrogen-bond donors (Lipinski definition) is 1. The first-order chi connectivity index (χ1) is 7.88. The predicted octanol–water partition coefficient (Wildman–Crippen LogP) is 3.61. The van der Waals surface area contributed by atoms with E-state index in [9.17, 15) is 0 Å². The van der Waals surface area contributed by atoms with Gasteiger partial charge in [0.05, 0.1) is 0 Å². The second-order valence-electron chi connectivity index (χ2n) is 4.19. The zero-order chi connectivity index (χ0) is 11.2. The van der Waals surface area contributed by atoms with Gasteiger partial charge in [-0.3, -0.25) is 0 Å². The van der Waals surface area contributed by atoms with E-state index in [1.54, 1.807) is 0 Å². The van der Waals surface area contributed by atoms with Crippen LogP contribution >= 0.6 is 11.8 Å². The van der Waals surface area contributed by atoms with Crippen molar-refractivity contribution < 1.29 is 0 Å². The average Bonchev–Trinajstić information content (AvgIpc) is 2.31. The van der Waals surface area contributed by atoms with Crippen LogP contribution < -0.4 is 5.32 Å². The first-order valence-corrected chi connectivity index (χ1v) is 6.83. The second kappa shape index (κ2) is 6.12. The summed E-state index contributed by atoms with van der Waals surface area (Å²) in [4.78, 5) is 1.39. The van der Waals surface area contributed by atoms with Crippen molar-refractivity contribution in [3.8, 4) is 0 Å². The molecular formula is C14H19NS. The highest BCUT2D eigenvalue weighted by atomic mass is 32.2. The number of benzene rings is 1. The summed E-state index contributed by atoms with van der Waals surface area (Å²) in [6.07, 6.45) is 8.59. The molecule has 0 heterocycles. The summed E-state index contributed by atoms with van der Waals surface area (Å²) in [6, 6.07) is 8.84. The van der Waals surface area contributed by atoms with E-state index in [0.717, 1.165) is 6.54 Å². The summed E-state index contributed by atoms with van der Waals surface area (Å²) in [5, 5.41) is 3.87. The van der Waals surface area contributed by atoms with Gasteiger partial charge in [0, 0.05) is 16.7 Å². The van der Waals surface area contributed by atoms with Gasteiger partial charge in [-0.15, -0.1) is 11.8 Å². The Labute approximate surface area is 102 Å². The van der Waals surface area contributed by atoms with Gasteiger partial charge >= 0.3 is 0 Å². The van der Waals surface area contributed by atoms with Gasteiger partial charge in [0.25, 0.3) is 0 Å². The molecule has 1 N–H and O–H groups in total. The van der Waals surface area contributed by atoms with E-state index in [1.807, 2.05) is 18.8 Å². The molecule has 0 fully saturated rings. The summed E-state index contributed by atoms with van der Waals surface area (Å²) in [6.45, 7) is 0.953. The molecule has 1 aliphatic rings. The van der Waals surface area contributed by atoms with Crippen molar-refractivity contribution in [2.24, 2.45) is 0 Å². The fourth-order valence-electron chi connectivity index (χ4n) is 1.99. The van der Waals surface area contributed by atoms with Gasteiger partial charge in [-0.05, 0) is 44.0 Å². The molecule has 0 saturated carbocycles. The number of rotatable bonds is 4. The Bertz CT molecular complexity index is 360. The minimum Gasteiger partial charge on any atom is -0.316 e. The van der Waals surface area contributed by atoms with Crippen LogP contribution in [0.15, 0.2) is 41.3 Å². The highest BCUT2D eigenvalue weighted by Gasteiger charge is 2.09. The van der Waals surface area contributed by atoms with Crippen LogP contribution in [-0.2, 0) is 6.54 Å². The summed E-state index contributed by atoms with van der Waals surface area (Å²) in [5.41, 5.74) is 1.37. The molecule has 0 bridgehead atoms. The van der Waals surface area contributed by atoms with Crippen LogP contribution in [0.1, 0.15) is 24.8 Å². The summed E-state index contributed by atoms with van der Waals surface area (Å²) < 4.78 is 0. The van der Waals surface area contributed by atoms with Crippen molar-refractivity contribution in [2.45, 2.75) is 36.0 Å². The zero-order valence-corrected chi connectivity index (χ0v) is 10.6. The number of allylic oxidation sites excluding steroid dienone is 1. The van der Waals surface area contributed by atoms with Crippen molar-refractivity contribution in [1.29, 1.82) is 0 Å². The molecule has 0 aromatic heterocycles. The third-order valence-electron chi connectivity index (χ3n) is 2.78. The van der Waals surface area contributed by atoms with Crippen LogP contribution in [0, 0.1) is 0 Å². The Balaban J connectivity index is 2.00. The van der Waals surface area contributed by atoms with Gasteiger partial charge in [0.15, 0.2) is 0 Å².